The number of carbonyl (C=O) groups is 1. The summed E-state index contributed by atoms with van der Waals surface area (Å²) >= 11 is 1.61. The van der Waals surface area contributed by atoms with Crippen LogP contribution >= 0.6 is 11.3 Å². The minimum absolute atomic E-state index is 0.0243. The van der Waals surface area contributed by atoms with Crippen LogP contribution in [0.15, 0.2) is 11.6 Å². The van der Waals surface area contributed by atoms with Gasteiger partial charge in [0.2, 0.25) is 5.91 Å². The topological polar surface area (TPSA) is 54.0 Å². The molecule has 1 rings (SSSR count). The number of hydrogen-bond acceptors (Lipinski definition) is 4. The molecule has 1 atom stereocenters. The fraction of sp³-hybridized carbons (Fsp3) is 0.667. The average Bonchev–Trinajstić information content (AvgIpc) is 2.79. The number of nitrogens with one attached hydrogen (secondary N) is 2. The molecule has 0 radical (unpaired) electrons. The van der Waals surface area contributed by atoms with E-state index in [1.165, 1.54) is 0 Å². The Hall–Kier alpha value is -0.940. The Bertz CT molecular complexity index is 351. The van der Waals surface area contributed by atoms with Crippen LogP contribution in [0.3, 0.4) is 0 Å². The molecule has 0 aliphatic carbocycles. The van der Waals surface area contributed by atoms with Gasteiger partial charge in [0, 0.05) is 17.6 Å². The number of amides is 1. The highest BCUT2D eigenvalue weighted by molar-refractivity contribution is 7.09. The van der Waals surface area contributed by atoms with Gasteiger partial charge in [0.1, 0.15) is 5.01 Å². The van der Waals surface area contributed by atoms with Gasteiger partial charge in [-0.15, -0.1) is 11.3 Å². The van der Waals surface area contributed by atoms with Crippen LogP contribution in [0.4, 0.5) is 0 Å². The minimum Gasteiger partial charge on any atom is -0.353 e. The van der Waals surface area contributed by atoms with Crippen molar-refractivity contribution in [3.05, 3.63) is 16.6 Å². The summed E-state index contributed by atoms with van der Waals surface area (Å²) in [5, 5.41) is 9.14. The molecule has 17 heavy (non-hydrogen) atoms. The first-order valence-electron chi connectivity index (χ1n) is 5.92. The van der Waals surface area contributed by atoms with Crippen molar-refractivity contribution in [2.24, 2.45) is 0 Å². The second kappa shape index (κ2) is 6.12. The lowest BCUT2D eigenvalue weighted by atomic mass is 10.00. The van der Waals surface area contributed by atoms with Crippen LogP contribution in [0.5, 0.6) is 0 Å². The van der Waals surface area contributed by atoms with Crippen LogP contribution in [-0.2, 0) is 10.3 Å². The van der Waals surface area contributed by atoms with Gasteiger partial charge < -0.3 is 5.32 Å². The zero-order valence-electron chi connectivity index (χ0n) is 10.9. The van der Waals surface area contributed by atoms with Crippen molar-refractivity contribution in [2.75, 3.05) is 6.54 Å². The van der Waals surface area contributed by atoms with Crippen LogP contribution in [-0.4, -0.2) is 23.5 Å². The Kier molecular flexibility index (Phi) is 5.08. The maximum absolute atomic E-state index is 11.6. The van der Waals surface area contributed by atoms with Crippen molar-refractivity contribution < 1.29 is 4.79 Å². The van der Waals surface area contributed by atoms with Gasteiger partial charge in [0.05, 0.1) is 12.1 Å². The summed E-state index contributed by atoms with van der Waals surface area (Å²) in [5.74, 6) is 0.0243. The van der Waals surface area contributed by atoms with E-state index in [0.717, 1.165) is 11.4 Å². The van der Waals surface area contributed by atoms with E-state index in [9.17, 15) is 4.79 Å². The zero-order chi connectivity index (χ0) is 12.9. The lowest BCUT2D eigenvalue weighted by Gasteiger charge is -2.27. The highest BCUT2D eigenvalue weighted by Gasteiger charge is 2.27. The zero-order valence-corrected chi connectivity index (χ0v) is 11.7. The third-order valence-electron chi connectivity index (χ3n) is 2.70. The molecule has 0 bridgehead atoms. The van der Waals surface area contributed by atoms with Crippen LogP contribution in [0.1, 0.15) is 39.1 Å². The second-order valence-corrected chi connectivity index (χ2v) is 5.49. The monoisotopic (exact) mass is 255 g/mol. The first-order valence-corrected chi connectivity index (χ1v) is 6.80. The van der Waals surface area contributed by atoms with Crippen molar-refractivity contribution in [2.45, 2.75) is 45.7 Å². The van der Waals surface area contributed by atoms with Crippen molar-refractivity contribution >= 4 is 17.2 Å². The normalized spacial score (nSPS) is 14.6. The lowest BCUT2D eigenvalue weighted by molar-refractivity contribution is -0.121. The van der Waals surface area contributed by atoms with Gasteiger partial charge in [0.25, 0.3) is 0 Å². The van der Waals surface area contributed by atoms with Crippen LogP contribution in [0.2, 0.25) is 0 Å². The second-order valence-electron chi connectivity index (χ2n) is 4.60. The fourth-order valence-electron chi connectivity index (χ4n) is 1.50. The van der Waals surface area contributed by atoms with E-state index in [-0.39, 0.29) is 17.5 Å². The smallest absolute Gasteiger partial charge is 0.234 e. The molecule has 2 N–H and O–H groups in total. The van der Waals surface area contributed by atoms with Gasteiger partial charge >= 0.3 is 0 Å². The highest BCUT2D eigenvalue weighted by atomic mass is 32.1. The quantitative estimate of drug-likeness (QED) is 0.816. The fourth-order valence-corrected chi connectivity index (χ4v) is 2.35. The SMILES string of the molecule is CC[C@@](C)(NCC(=O)NC(C)C)c1nccs1. The first kappa shape index (κ1) is 14.1. The standard InChI is InChI=1S/C12H21N3OS/c1-5-12(4,11-13-6-7-17-11)14-8-10(16)15-9(2)3/h6-7,9,14H,5,8H2,1-4H3,(H,15,16)/t12-/m1/s1. The maximum Gasteiger partial charge on any atom is 0.234 e. The summed E-state index contributed by atoms with van der Waals surface area (Å²) in [7, 11) is 0. The van der Waals surface area contributed by atoms with Crippen molar-refractivity contribution in [1.29, 1.82) is 0 Å². The van der Waals surface area contributed by atoms with Crippen LogP contribution < -0.4 is 10.6 Å². The molecular formula is C12H21N3OS. The number of carbonyl (C=O) groups excluding carboxylic acids is 1. The number of thiazole rings is 1. The molecule has 96 valence electrons. The van der Waals surface area contributed by atoms with Gasteiger partial charge in [0.15, 0.2) is 0 Å². The summed E-state index contributed by atoms with van der Waals surface area (Å²) in [6.07, 6.45) is 2.69. The summed E-state index contributed by atoms with van der Waals surface area (Å²) in [6, 6.07) is 0.178. The van der Waals surface area contributed by atoms with E-state index in [1.54, 1.807) is 17.5 Å². The molecule has 0 spiro atoms. The van der Waals surface area contributed by atoms with Gasteiger partial charge in [-0.25, -0.2) is 4.98 Å². The van der Waals surface area contributed by atoms with E-state index in [0.29, 0.717) is 6.54 Å². The number of hydrogen-bond donors (Lipinski definition) is 2. The van der Waals surface area contributed by atoms with Crippen LogP contribution in [0, 0.1) is 0 Å². The Labute approximate surface area is 107 Å². The highest BCUT2D eigenvalue weighted by Crippen LogP contribution is 2.25. The molecule has 0 saturated carbocycles. The molecule has 0 aliphatic rings. The largest absolute Gasteiger partial charge is 0.353 e. The Morgan fingerprint density at radius 2 is 2.29 bits per heavy atom. The summed E-state index contributed by atoms with van der Waals surface area (Å²) in [6.45, 7) is 8.40. The molecule has 0 aliphatic heterocycles. The minimum atomic E-state index is -0.220. The third-order valence-corrected chi connectivity index (χ3v) is 3.74. The lowest BCUT2D eigenvalue weighted by Crippen LogP contribution is -2.46. The molecule has 0 fully saturated rings. The third kappa shape index (κ3) is 4.09. The molecule has 5 heteroatoms. The first-order chi connectivity index (χ1) is 7.98. The van der Waals surface area contributed by atoms with Gasteiger partial charge in [-0.1, -0.05) is 6.92 Å². The van der Waals surface area contributed by atoms with E-state index in [2.05, 4.69) is 29.5 Å². The maximum atomic E-state index is 11.6. The van der Waals surface area contributed by atoms with Crippen molar-refractivity contribution in [3.63, 3.8) is 0 Å². The molecule has 0 saturated heterocycles. The Morgan fingerprint density at radius 3 is 2.76 bits per heavy atom. The van der Waals surface area contributed by atoms with Crippen molar-refractivity contribution in [1.82, 2.24) is 15.6 Å². The molecule has 1 aromatic rings. The Balaban J connectivity index is 2.56. The predicted molar refractivity (Wildman–Crippen MR) is 71.0 cm³/mol. The summed E-state index contributed by atoms with van der Waals surface area (Å²) in [4.78, 5) is 15.9. The molecule has 1 amide bonds. The number of aromatic nitrogens is 1. The van der Waals surface area contributed by atoms with E-state index in [4.69, 9.17) is 0 Å². The molecule has 0 unspecified atom stereocenters. The Morgan fingerprint density at radius 1 is 1.59 bits per heavy atom. The molecule has 4 nitrogen and oxygen atoms in total. The number of nitrogens with zero attached hydrogens (tertiary/aromatic N) is 1. The van der Waals surface area contributed by atoms with Crippen molar-refractivity contribution in [3.8, 4) is 0 Å². The summed E-state index contributed by atoms with van der Waals surface area (Å²) in [5.41, 5.74) is -0.220. The molecule has 1 heterocycles. The predicted octanol–water partition coefficient (Wildman–Crippen LogP) is 1.88. The van der Waals surface area contributed by atoms with Crippen LogP contribution in [0.25, 0.3) is 0 Å². The average molecular weight is 255 g/mol. The summed E-state index contributed by atoms with van der Waals surface area (Å²) < 4.78 is 0. The van der Waals surface area contributed by atoms with Gasteiger partial charge in [-0.2, -0.15) is 0 Å². The van der Waals surface area contributed by atoms with E-state index >= 15 is 0 Å². The van der Waals surface area contributed by atoms with E-state index < -0.39 is 0 Å². The van der Waals surface area contributed by atoms with Gasteiger partial charge in [-0.05, 0) is 27.2 Å². The molecule has 0 aromatic carbocycles. The van der Waals surface area contributed by atoms with E-state index in [1.807, 2.05) is 19.2 Å². The number of rotatable bonds is 6. The molecular weight excluding hydrogens is 234 g/mol. The van der Waals surface area contributed by atoms with Gasteiger partial charge in [-0.3, -0.25) is 10.1 Å². The molecule has 1 aromatic heterocycles.